The summed E-state index contributed by atoms with van der Waals surface area (Å²) in [7, 11) is 0. The van der Waals surface area contributed by atoms with E-state index in [0.717, 1.165) is 27.7 Å². The molecule has 4 rings (SSSR count). The average molecular weight is 392 g/mol. The zero-order valence-electron chi connectivity index (χ0n) is 12.9. The molecule has 0 spiro atoms. The van der Waals surface area contributed by atoms with Gasteiger partial charge in [0.05, 0.1) is 5.71 Å². The third kappa shape index (κ3) is 3.13. The molecule has 126 valence electrons. The Balaban J connectivity index is 1.87. The van der Waals surface area contributed by atoms with Crippen molar-refractivity contribution in [3.8, 4) is 0 Å². The summed E-state index contributed by atoms with van der Waals surface area (Å²) in [5, 5.41) is 5.52. The lowest BCUT2D eigenvalue weighted by molar-refractivity contribution is 0.852. The van der Waals surface area contributed by atoms with Gasteiger partial charge in [0.2, 0.25) is 3.79 Å². The maximum absolute atomic E-state index is 6.01. The fraction of sp³-hybridized carbons (Fsp3) is 0.111. The smallest absolute Gasteiger partial charge is 0.249 e. The number of hydrazone groups is 1. The van der Waals surface area contributed by atoms with Gasteiger partial charge in [0.15, 0.2) is 5.84 Å². The molecule has 1 aliphatic rings. The van der Waals surface area contributed by atoms with Crippen molar-refractivity contribution >= 4 is 57.3 Å². The quantitative estimate of drug-likeness (QED) is 0.594. The Morgan fingerprint density at radius 2 is 1.64 bits per heavy atom. The molecule has 0 bridgehead atoms. The largest absolute Gasteiger partial charge is 0.361 e. The maximum Gasteiger partial charge on any atom is 0.249 e. The number of aliphatic imine (C=N–C) groups is 1. The van der Waals surface area contributed by atoms with Crippen molar-refractivity contribution < 1.29 is 0 Å². The van der Waals surface area contributed by atoms with Gasteiger partial charge in [0, 0.05) is 28.2 Å². The van der Waals surface area contributed by atoms with E-state index in [1.165, 1.54) is 0 Å². The number of benzene rings is 2. The second kappa shape index (κ2) is 6.37. The minimum Gasteiger partial charge on any atom is -0.361 e. The van der Waals surface area contributed by atoms with Crippen LogP contribution in [0.25, 0.3) is 10.9 Å². The number of halogens is 3. The first-order valence-electron chi connectivity index (χ1n) is 7.64. The number of aromatic amines is 1. The molecule has 0 saturated carbocycles. The molecule has 4 nitrogen and oxygen atoms in total. The molecule has 0 aliphatic carbocycles. The van der Waals surface area contributed by atoms with Gasteiger partial charge in [-0.25, -0.2) is 0 Å². The van der Waals surface area contributed by atoms with Gasteiger partial charge in [0.25, 0.3) is 0 Å². The average Bonchev–Trinajstić information content (AvgIpc) is 3.05. The van der Waals surface area contributed by atoms with Crippen LogP contribution in [0.4, 0.5) is 0 Å². The highest BCUT2D eigenvalue weighted by Crippen LogP contribution is 2.35. The standard InChI is InChI=1S/C18H13Cl3N4/c19-18(20,21)17-23-16(13-10-22-14-9-5-4-8-12(13)14)15(24-25-17)11-6-2-1-3-7-11/h1-10,16,22H,(H,23,25). The first-order valence-corrected chi connectivity index (χ1v) is 8.77. The van der Waals surface area contributed by atoms with Crippen LogP contribution in [-0.4, -0.2) is 20.3 Å². The predicted molar refractivity (Wildman–Crippen MR) is 105 cm³/mol. The molecule has 2 aromatic carbocycles. The van der Waals surface area contributed by atoms with Gasteiger partial charge in [-0.15, -0.1) is 0 Å². The molecular weight excluding hydrogens is 379 g/mol. The van der Waals surface area contributed by atoms with E-state index in [-0.39, 0.29) is 11.9 Å². The van der Waals surface area contributed by atoms with Gasteiger partial charge in [-0.1, -0.05) is 83.3 Å². The van der Waals surface area contributed by atoms with Crippen LogP contribution in [0, 0.1) is 0 Å². The van der Waals surface area contributed by atoms with Gasteiger partial charge in [-0.3, -0.25) is 10.4 Å². The predicted octanol–water partition coefficient (Wildman–Crippen LogP) is 4.99. The van der Waals surface area contributed by atoms with E-state index in [9.17, 15) is 0 Å². The fourth-order valence-corrected chi connectivity index (χ4v) is 3.17. The molecular formula is C18H13Cl3N4. The Morgan fingerprint density at radius 3 is 2.40 bits per heavy atom. The second-order valence-electron chi connectivity index (χ2n) is 5.64. The Kier molecular flexibility index (Phi) is 4.20. The van der Waals surface area contributed by atoms with Crippen molar-refractivity contribution in [2.45, 2.75) is 9.83 Å². The van der Waals surface area contributed by atoms with Crippen LogP contribution in [0.3, 0.4) is 0 Å². The summed E-state index contributed by atoms with van der Waals surface area (Å²) in [5.41, 5.74) is 6.50. The topological polar surface area (TPSA) is 52.5 Å². The number of nitrogens with zero attached hydrogens (tertiary/aromatic N) is 2. The molecule has 1 aromatic heterocycles. The minimum absolute atomic E-state index is 0.201. The number of H-pyrrole nitrogens is 1. The third-order valence-electron chi connectivity index (χ3n) is 4.05. The minimum atomic E-state index is -1.67. The molecule has 25 heavy (non-hydrogen) atoms. The van der Waals surface area contributed by atoms with Gasteiger partial charge >= 0.3 is 0 Å². The number of aromatic nitrogens is 1. The van der Waals surface area contributed by atoms with Gasteiger partial charge in [-0.05, 0) is 6.07 Å². The number of alkyl halides is 3. The molecule has 0 amide bonds. The molecule has 0 saturated heterocycles. The summed E-state index contributed by atoms with van der Waals surface area (Å²) < 4.78 is -1.67. The zero-order chi connectivity index (χ0) is 17.4. The third-order valence-corrected chi connectivity index (χ3v) is 4.59. The van der Waals surface area contributed by atoms with Gasteiger partial charge < -0.3 is 4.98 Å². The molecule has 1 atom stereocenters. The van der Waals surface area contributed by atoms with Gasteiger partial charge in [0.1, 0.15) is 6.04 Å². The van der Waals surface area contributed by atoms with Crippen molar-refractivity contribution in [2.24, 2.45) is 10.1 Å². The number of hydrogen-bond donors (Lipinski definition) is 2. The summed E-state index contributed by atoms with van der Waals surface area (Å²) in [6, 6.07) is 17.5. The highest BCUT2D eigenvalue weighted by molar-refractivity contribution is 6.76. The Bertz CT molecular complexity index is 971. The SMILES string of the molecule is ClC(Cl)(Cl)C1=NC(c2c[nH]c3ccccc23)C(c2ccccc2)=NN1. The lowest BCUT2D eigenvalue weighted by atomic mass is 9.96. The molecule has 1 aliphatic heterocycles. The first kappa shape index (κ1) is 16.5. The van der Waals surface area contributed by atoms with Crippen molar-refractivity contribution in [2.75, 3.05) is 0 Å². The number of fused-ring (bicyclic) bond motifs is 1. The lowest BCUT2D eigenvalue weighted by Crippen LogP contribution is -2.37. The van der Waals surface area contributed by atoms with Crippen LogP contribution in [-0.2, 0) is 0 Å². The molecule has 1 unspecified atom stereocenters. The van der Waals surface area contributed by atoms with Crippen LogP contribution in [0.2, 0.25) is 0 Å². The number of hydrogen-bond acceptors (Lipinski definition) is 3. The second-order valence-corrected chi connectivity index (χ2v) is 7.92. The van der Waals surface area contributed by atoms with E-state index < -0.39 is 3.79 Å². The molecule has 0 fully saturated rings. The maximum atomic E-state index is 6.01. The number of rotatable bonds is 2. The lowest BCUT2D eigenvalue weighted by Gasteiger charge is -2.25. The van der Waals surface area contributed by atoms with Gasteiger partial charge in [-0.2, -0.15) is 5.10 Å². The van der Waals surface area contributed by atoms with Crippen LogP contribution in [0.5, 0.6) is 0 Å². The van der Waals surface area contributed by atoms with Crippen molar-refractivity contribution in [3.63, 3.8) is 0 Å². The number of amidine groups is 1. The van der Waals surface area contributed by atoms with E-state index in [2.05, 4.69) is 20.5 Å². The van der Waals surface area contributed by atoms with E-state index in [4.69, 9.17) is 34.8 Å². The first-order chi connectivity index (χ1) is 12.0. The molecule has 3 aromatic rings. The van der Waals surface area contributed by atoms with Crippen molar-refractivity contribution in [1.82, 2.24) is 10.4 Å². The highest BCUT2D eigenvalue weighted by atomic mass is 35.6. The summed E-state index contributed by atoms with van der Waals surface area (Å²) >= 11 is 18.0. The molecule has 7 heteroatoms. The fourth-order valence-electron chi connectivity index (χ4n) is 2.90. The van der Waals surface area contributed by atoms with E-state index in [0.29, 0.717) is 0 Å². The summed E-state index contributed by atoms with van der Waals surface area (Å²) in [4.78, 5) is 7.93. The van der Waals surface area contributed by atoms with Crippen molar-refractivity contribution in [1.29, 1.82) is 0 Å². The summed E-state index contributed by atoms with van der Waals surface area (Å²) in [6.45, 7) is 0. The van der Waals surface area contributed by atoms with E-state index >= 15 is 0 Å². The summed E-state index contributed by atoms with van der Waals surface area (Å²) in [6.07, 6.45) is 1.93. The summed E-state index contributed by atoms with van der Waals surface area (Å²) in [5.74, 6) is 0.201. The highest BCUT2D eigenvalue weighted by Gasteiger charge is 2.34. The van der Waals surface area contributed by atoms with Crippen molar-refractivity contribution in [3.05, 3.63) is 71.9 Å². The van der Waals surface area contributed by atoms with Crippen LogP contribution in [0.15, 0.2) is 70.9 Å². The zero-order valence-corrected chi connectivity index (χ0v) is 15.1. The van der Waals surface area contributed by atoms with E-state index in [1.807, 2.05) is 60.8 Å². The monoisotopic (exact) mass is 390 g/mol. The molecule has 2 N–H and O–H groups in total. The molecule has 0 radical (unpaired) electrons. The van der Waals surface area contributed by atoms with Crippen LogP contribution in [0.1, 0.15) is 17.2 Å². The number of nitrogens with one attached hydrogen (secondary N) is 2. The normalized spacial score (nSPS) is 17.8. The van der Waals surface area contributed by atoms with E-state index in [1.54, 1.807) is 0 Å². The molecule has 2 heterocycles. The van der Waals surface area contributed by atoms with Crippen LogP contribution >= 0.6 is 34.8 Å². The Labute approximate surface area is 159 Å². The Morgan fingerprint density at radius 1 is 0.920 bits per heavy atom. The number of para-hydroxylation sites is 1. The Hall–Kier alpha value is -2.01. The van der Waals surface area contributed by atoms with Crippen LogP contribution < -0.4 is 5.43 Å².